The molecule has 0 aliphatic rings. The first-order valence-electron chi connectivity index (χ1n) is 8.71. The molecule has 0 aliphatic heterocycles. The van der Waals surface area contributed by atoms with Gasteiger partial charge in [0.25, 0.3) is 0 Å². The molecule has 0 spiro atoms. The molecule has 1 heterocycles. The van der Waals surface area contributed by atoms with Crippen LogP contribution in [0.3, 0.4) is 0 Å². The minimum Gasteiger partial charge on any atom is -0.319 e. The van der Waals surface area contributed by atoms with Crippen molar-refractivity contribution in [1.29, 1.82) is 0 Å². The van der Waals surface area contributed by atoms with Gasteiger partial charge < -0.3 is 4.57 Å². The van der Waals surface area contributed by atoms with E-state index in [9.17, 15) is 21.6 Å². The van der Waals surface area contributed by atoms with E-state index in [0.29, 0.717) is 5.52 Å². The summed E-state index contributed by atoms with van der Waals surface area (Å²) in [5.74, 6) is -0.783. The van der Waals surface area contributed by atoms with Gasteiger partial charge in [0, 0.05) is 13.1 Å². The molecule has 1 N–H and O–H groups in total. The molecule has 3 aromatic rings. The molecule has 0 amide bonds. The summed E-state index contributed by atoms with van der Waals surface area (Å²) in [6.07, 6.45) is -4.63. The Balaban J connectivity index is 1.79. The molecule has 9 heteroatoms. The Morgan fingerprint density at radius 2 is 1.71 bits per heavy atom. The van der Waals surface area contributed by atoms with Crippen molar-refractivity contribution in [3.05, 3.63) is 59.9 Å². The van der Waals surface area contributed by atoms with Gasteiger partial charge in [0.1, 0.15) is 0 Å². The average molecular weight is 411 g/mol. The van der Waals surface area contributed by atoms with Crippen molar-refractivity contribution in [2.24, 2.45) is 0 Å². The van der Waals surface area contributed by atoms with Gasteiger partial charge in [-0.3, -0.25) is 0 Å². The fourth-order valence-electron chi connectivity index (χ4n) is 2.93. The summed E-state index contributed by atoms with van der Waals surface area (Å²) in [6.45, 7) is 3.60. The Morgan fingerprint density at radius 3 is 2.32 bits per heavy atom. The number of sulfonamides is 1. The van der Waals surface area contributed by atoms with E-state index in [-0.39, 0.29) is 29.4 Å². The van der Waals surface area contributed by atoms with Crippen LogP contribution in [0.5, 0.6) is 0 Å². The molecule has 150 valence electrons. The average Bonchev–Trinajstić information content (AvgIpc) is 3.01. The largest absolute Gasteiger partial charge is 0.449 e. The minimum absolute atomic E-state index is 0.0726. The SMILES string of the molecule is CC(C)c1ccc(S(=O)(=O)NCCn2c(C(F)(F)F)nc3ccccc32)cc1. The highest BCUT2D eigenvalue weighted by atomic mass is 32.2. The summed E-state index contributed by atoms with van der Waals surface area (Å²) in [6, 6.07) is 12.7. The minimum atomic E-state index is -4.63. The number of benzene rings is 2. The van der Waals surface area contributed by atoms with Crippen LogP contribution in [0.15, 0.2) is 53.4 Å². The van der Waals surface area contributed by atoms with Crippen molar-refractivity contribution in [3.63, 3.8) is 0 Å². The zero-order valence-electron chi connectivity index (χ0n) is 15.4. The quantitative estimate of drug-likeness (QED) is 0.663. The van der Waals surface area contributed by atoms with Gasteiger partial charge >= 0.3 is 6.18 Å². The molecule has 0 aliphatic carbocycles. The fourth-order valence-corrected chi connectivity index (χ4v) is 3.95. The third kappa shape index (κ3) is 4.20. The monoisotopic (exact) mass is 411 g/mol. The van der Waals surface area contributed by atoms with Crippen LogP contribution in [0.4, 0.5) is 13.2 Å². The number of aromatic nitrogens is 2. The van der Waals surface area contributed by atoms with E-state index in [1.807, 2.05) is 13.8 Å². The molecule has 0 saturated heterocycles. The van der Waals surface area contributed by atoms with Gasteiger partial charge in [-0.25, -0.2) is 18.1 Å². The van der Waals surface area contributed by atoms with Gasteiger partial charge in [0.2, 0.25) is 15.8 Å². The van der Waals surface area contributed by atoms with E-state index >= 15 is 0 Å². The van der Waals surface area contributed by atoms with Gasteiger partial charge in [-0.15, -0.1) is 0 Å². The van der Waals surface area contributed by atoms with Gasteiger partial charge in [-0.2, -0.15) is 13.2 Å². The summed E-state index contributed by atoms with van der Waals surface area (Å²) in [7, 11) is -3.82. The van der Waals surface area contributed by atoms with Gasteiger partial charge in [0.15, 0.2) is 0 Å². The standard InChI is InChI=1S/C19H20F3N3O2S/c1-13(2)14-7-9-15(10-8-14)28(26,27)23-11-12-25-17-6-4-3-5-16(17)24-18(25)19(20,21)22/h3-10,13,23H,11-12H2,1-2H3. The van der Waals surface area contributed by atoms with E-state index in [0.717, 1.165) is 10.1 Å². The second kappa shape index (κ2) is 7.56. The molecule has 0 fully saturated rings. The van der Waals surface area contributed by atoms with Crippen molar-refractivity contribution in [1.82, 2.24) is 14.3 Å². The highest BCUT2D eigenvalue weighted by Crippen LogP contribution is 2.31. The second-order valence-electron chi connectivity index (χ2n) is 6.70. The zero-order valence-corrected chi connectivity index (χ0v) is 16.2. The first-order valence-corrected chi connectivity index (χ1v) is 10.2. The lowest BCUT2D eigenvalue weighted by atomic mass is 10.0. The highest BCUT2D eigenvalue weighted by molar-refractivity contribution is 7.89. The van der Waals surface area contributed by atoms with Crippen molar-refractivity contribution in [2.45, 2.75) is 37.4 Å². The third-order valence-electron chi connectivity index (χ3n) is 4.39. The van der Waals surface area contributed by atoms with Crippen LogP contribution in [0.1, 0.15) is 31.2 Å². The van der Waals surface area contributed by atoms with Crippen LogP contribution >= 0.6 is 0 Å². The van der Waals surface area contributed by atoms with Crippen LogP contribution < -0.4 is 4.72 Å². The maximum absolute atomic E-state index is 13.3. The molecule has 2 aromatic carbocycles. The van der Waals surface area contributed by atoms with E-state index in [2.05, 4.69) is 9.71 Å². The number of alkyl halides is 3. The number of fused-ring (bicyclic) bond motifs is 1. The summed E-state index contributed by atoms with van der Waals surface area (Å²) in [5.41, 5.74) is 1.51. The number of hydrogen-bond donors (Lipinski definition) is 1. The lowest BCUT2D eigenvalue weighted by Crippen LogP contribution is -2.28. The molecular weight excluding hydrogens is 391 g/mol. The van der Waals surface area contributed by atoms with E-state index in [1.165, 1.54) is 24.3 Å². The fraction of sp³-hybridized carbons (Fsp3) is 0.316. The molecular formula is C19H20F3N3O2S. The molecule has 0 bridgehead atoms. The first-order chi connectivity index (χ1) is 13.1. The highest BCUT2D eigenvalue weighted by Gasteiger charge is 2.37. The van der Waals surface area contributed by atoms with Gasteiger partial charge in [-0.05, 0) is 35.7 Å². The molecule has 0 unspecified atom stereocenters. The van der Waals surface area contributed by atoms with Gasteiger partial charge in [-0.1, -0.05) is 38.1 Å². The number of para-hydroxylation sites is 2. The first kappa shape index (κ1) is 20.3. The normalized spacial score (nSPS) is 12.8. The van der Waals surface area contributed by atoms with Crippen LogP contribution in [-0.4, -0.2) is 24.5 Å². The maximum Gasteiger partial charge on any atom is 0.449 e. The number of hydrogen-bond acceptors (Lipinski definition) is 3. The molecule has 1 aromatic heterocycles. The van der Waals surface area contributed by atoms with E-state index in [1.54, 1.807) is 24.3 Å². The number of rotatable bonds is 6. The molecule has 28 heavy (non-hydrogen) atoms. The summed E-state index contributed by atoms with van der Waals surface area (Å²) >= 11 is 0. The van der Waals surface area contributed by atoms with Crippen LogP contribution in [0.2, 0.25) is 0 Å². The summed E-state index contributed by atoms with van der Waals surface area (Å²) in [4.78, 5) is 3.72. The number of imidazole rings is 1. The Kier molecular flexibility index (Phi) is 5.49. The molecule has 0 saturated carbocycles. The van der Waals surface area contributed by atoms with E-state index < -0.39 is 22.0 Å². The third-order valence-corrected chi connectivity index (χ3v) is 5.87. The van der Waals surface area contributed by atoms with Crippen LogP contribution in [-0.2, 0) is 22.7 Å². The van der Waals surface area contributed by atoms with Crippen LogP contribution in [0.25, 0.3) is 11.0 Å². The number of halogens is 3. The molecule has 0 radical (unpaired) electrons. The van der Waals surface area contributed by atoms with Crippen molar-refractivity contribution in [2.75, 3.05) is 6.54 Å². The van der Waals surface area contributed by atoms with Crippen LogP contribution in [0, 0.1) is 0 Å². The van der Waals surface area contributed by atoms with Crippen molar-refractivity contribution >= 4 is 21.1 Å². The number of nitrogens with one attached hydrogen (secondary N) is 1. The van der Waals surface area contributed by atoms with Crippen molar-refractivity contribution in [3.8, 4) is 0 Å². The van der Waals surface area contributed by atoms with Gasteiger partial charge in [0.05, 0.1) is 15.9 Å². The zero-order chi connectivity index (χ0) is 20.5. The Morgan fingerprint density at radius 1 is 1.07 bits per heavy atom. The molecule has 5 nitrogen and oxygen atoms in total. The predicted octanol–water partition coefficient (Wildman–Crippen LogP) is 4.16. The Labute approximate surface area is 161 Å². The smallest absolute Gasteiger partial charge is 0.319 e. The lowest BCUT2D eigenvalue weighted by molar-refractivity contribution is -0.146. The number of nitrogens with zero attached hydrogens (tertiary/aromatic N) is 2. The molecule has 3 rings (SSSR count). The summed E-state index contributed by atoms with van der Waals surface area (Å²) < 4.78 is 68.1. The maximum atomic E-state index is 13.3. The van der Waals surface area contributed by atoms with E-state index in [4.69, 9.17) is 0 Å². The predicted molar refractivity (Wildman–Crippen MR) is 100 cm³/mol. The Bertz CT molecular complexity index is 1070. The topological polar surface area (TPSA) is 64.0 Å². The van der Waals surface area contributed by atoms with Crippen molar-refractivity contribution < 1.29 is 21.6 Å². The summed E-state index contributed by atoms with van der Waals surface area (Å²) in [5, 5.41) is 0. The second-order valence-corrected chi connectivity index (χ2v) is 8.46. The molecule has 0 atom stereocenters. The Hall–Kier alpha value is -2.39. The lowest BCUT2D eigenvalue weighted by Gasteiger charge is -2.13.